The second-order valence-corrected chi connectivity index (χ2v) is 11.5. The molecule has 0 saturated carbocycles. The molecule has 5 aromatic rings. The predicted octanol–water partition coefficient (Wildman–Crippen LogP) is 7.02. The van der Waals surface area contributed by atoms with E-state index in [4.69, 9.17) is 9.47 Å². The minimum absolute atomic E-state index is 0.116. The maximum absolute atomic E-state index is 13.2. The number of ether oxygens (including phenoxy) is 2. The Kier molecular flexibility index (Phi) is 14.0. The van der Waals surface area contributed by atoms with Gasteiger partial charge in [-0.15, -0.1) is 0 Å². The summed E-state index contributed by atoms with van der Waals surface area (Å²) < 4.78 is 36.5. The van der Waals surface area contributed by atoms with Crippen LogP contribution < -0.4 is 14.8 Å². The normalized spacial score (nSPS) is 12.0. The van der Waals surface area contributed by atoms with Gasteiger partial charge in [0.05, 0.1) is 24.4 Å². The number of nitrogens with one attached hydrogen (secondary N) is 2. The lowest BCUT2D eigenvalue weighted by Crippen LogP contribution is -2.46. The molecule has 10 heteroatoms. The average molecular weight is 678 g/mol. The summed E-state index contributed by atoms with van der Waals surface area (Å²) in [6.45, 7) is 1.77. The maximum Gasteiger partial charge on any atom is 0.316 e. The van der Waals surface area contributed by atoms with Gasteiger partial charge in [-0.05, 0) is 41.0 Å². The molecule has 0 radical (unpaired) electrons. The van der Waals surface area contributed by atoms with E-state index in [-0.39, 0.29) is 12.4 Å². The summed E-state index contributed by atoms with van der Waals surface area (Å²) in [4.78, 5) is 36.9. The van der Waals surface area contributed by atoms with E-state index in [1.165, 1.54) is 0 Å². The Balaban J connectivity index is 0.000000418. The van der Waals surface area contributed by atoms with E-state index in [0.717, 1.165) is 11.3 Å². The molecule has 2 unspecified atom stereocenters. The number of para-hydroxylation sites is 2. The van der Waals surface area contributed by atoms with E-state index in [2.05, 4.69) is 10.0 Å². The first-order valence-corrected chi connectivity index (χ1v) is 16.7. The van der Waals surface area contributed by atoms with Crippen LogP contribution in [0, 0.1) is 0 Å². The molecule has 0 fully saturated rings. The van der Waals surface area contributed by atoms with Crippen LogP contribution in [0.4, 0.5) is 5.69 Å². The number of carbonyl (C=O) groups is 3. The Morgan fingerprint density at radius 2 is 1.14 bits per heavy atom. The molecule has 0 spiro atoms. The van der Waals surface area contributed by atoms with Crippen molar-refractivity contribution in [2.75, 3.05) is 5.32 Å². The largest absolute Gasteiger partial charge is 0.760 e. The molecule has 49 heavy (non-hydrogen) atoms. The van der Waals surface area contributed by atoms with Gasteiger partial charge in [0.1, 0.15) is 5.75 Å². The van der Waals surface area contributed by atoms with Gasteiger partial charge in [-0.1, -0.05) is 134 Å². The highest BCUT2D eigenvalue weighted by atomic mass is 32.2. The van der Waals surface area contributed by atoms with Crippen molar-refractivity contribution in [2.45, 2.75) is 37.8 Å². The number of hydrogen-bond donors (Lipinski definition) is 2. The number of rotatable bonds is 13. The molecule has 0 saturated heterocycles. The second-order valence-electron chi connectivity index (χ2n) is 10.8. The molecule has 0 aliphatic heterocycles. The Bertz CT molecular complexity index is 1740. The van der Waals surface area contributed by atoms with Gasteiger partial charge < -0.3 is 19.3 Å². The van der Waals surface area contributed by atoms with Crippen LogP contribution in [0.5, 0.6) is 5.75 Å². The second kappa shape index (κ2) is 18.8. The van der Waals surface area contributed by atoms with Crippen LogP contribution in [0.15, 0.2) is 152 Å². The van der Waals surface area contributed by atoms with Crippen LogP contribution in [0.2, 0.25) is 0 Å². The Morgan fingerprint density at radius 1 is 0.673 bits per heavy atom. The predicted molar refractivity (Wildman–Crippen MR) is 188 cm³/mol. The topological polar surface area (TPSA) is 134 Å². The fourth-order valence-corrected chi connectivity index (χ4v) is 5.66. The highest BCUT2D eigenvalue weighted by molar-refractivity contribution is 7.77. The fourth-order valence-electron chi connectivity index (χ4n) is 5.07. The van der Waals surface area contributed by atoms with Crippen molar-refractivity contribution in [3.8, 4) is 5.75 Å². The van der Waals surface area contributed by atoms with Crippen molar-refractivity contribution >= 4 is 34.9 Å². The summed E-state index contributed by atoms with van der Waals surface area (Å²) in [7, 11) is 0. The third-order valence-corrected chi connectivity index (χ3v) is 7.89. The van der Waals surface area contributed by atoms with E-state index >= 15 is 0 Å². The maximum atomic E-state index is 13.2. The minimum atomic E-state index is -2.72. The first-order valence-electron chi connectivity index (χ1n) is 15.6. The SMILES string of the molecule is CCC(=O)Oc1ccccc1.O=C(CC(Nc1ccccc1)c1ccccc1)OC(=O)CC(NS(=O)[O-])(c1ccccc1)c1ccccc1. The standard InChI is InChI=1S/C30H28N2O5S.C9H10O2/c33-28(21-27(23-13-5-1-6-14-23)31-26-19-11-4-12-20-26)37-29(34)22-30(32-38(35)36,24-15-7-2-8-16-24)25-17-9-3-10-18-25;1-2-9(10)11-8-6-4-3-5-7-8/h1-20,27,31-32H,21-22H2,(H,35,36);3-7H,2H2,1H3/p-1. The van der Waals surface area contributed by atoms with Crippen LogP contribution >= 0.6 is 0 Å². The number of esters is 3. The molecule has 2 atom stereocenters. The highest BCUT2D eigenvalue weighted by Crippen LogP contribution is 2.34. The molecular weight excluding hydrogens is 641 g/mol. The minimum Gasteiger partial charge on any atom is -0.760 e. The Morgan fingerprint density at radius 3 is 1.63 bits per heavy atom. The molecular formula is C39H37N2O7S-. The van der Waals surface area contributed by atoms with Gasteiger partial charge in [-0.25, -0.2) is 4.72 Å². The Hall–Kier alpha value is -5.42. The van der Waals surface area contributed by atoms with Crippen molar-refractivity contribution in [1.29, 1.82) is 0 Å². The smallest absolute Gasteiger partial charge is 0.316 e. The average Bonchev–Trinajstić information content (AvgIpc) is 3.13. The molecule has 0 heterocycles. The molecule has 2 N–H and O–H groups in total. The summed E-state index contributed by atoms with van der Waals surface area (Å²) in [5, 5.41) is 3.32. The van der Waals surface area contributed by atoms with Gasteiger partial charge in [0.15, 0.2) is 0 Å². The van der Waals surface area contributed by atoms with E-state index in [1.807, 2.05) is 78.9 Å². The molecule has 0 amide bonds. The summed E-state index contributed by atoms with van der Waals surface area (Å²) in [6.07, 6.45) is -0.132. The first-order chi connectivity index (χ1) is 23.8. The summed E-state index contributed by atoms with van der Waals surface area (Å²) >= 11 is -2.72. The summed E-state index contributed by atoms with van der Waals surface area (Å²) in [5.41, 5.74) is 1.27. The monoisotopic (exact) mass is 677 g/mol. The number of anilines is 1. The van der Waals surface area contributed by atoms with Gasteiger partial charge in [0, 0.05) is 23.4 Å². The summed E-state index contributed by atoms with van der Waals surface area (Å²) in [6, 6.07) is 44.9. The Labute approximate surface area is 288 Å². The van der Waals surface area contributed by atoms with Crippen molar-refractivity contribution < 1.29 is 32.6 Å². The molecule has 0 aliphatic carbocycles. The van der Waals surface area contributed by atoms with Crippen LogP contribution in [0.3, 0.4) is 0 Å². The van der Waals surface area contributed by atoms with E-state index < -0.39 is 41.2 Å². The third kappa shape index (κ3) is 11.4. The molecule has 9 nitrogen and oxygen atoms in total. The van der Waals surface area contributed by atoms with Gasteiger partial charge >= 0.3 is 17.9 Å². The third-order valence-electron chi connectivity index (χ3n) is 7.38. The van der Waals surface area contributed by atoms with Gasteiger partial charge in [-0.3, -0.25) is 18.6 Å². The van der Waals surface area contributed by atoms with E-state index in [0.29, 0.717) is 23.3 Å². The van der Waals surface area contributed by atoms with Crippen molar-refractivity contribution in [1.82, 2.24) is 4.72 Å². The lowest BCUT2D eigenvalue weighted by atomic mass is 9.81. The van der Waals surface area contributed by atoms with E-state index in [9.17, 15) is 23.1 Å². The zero-order valence-corrected chi connectivity index (χ0v) is 27.7. The van der Waals surface area contributed by atoms with Crippen molar-refractivity contribution in [3.05, 3.63) is 168 Å². The van der Waals surface area contributed by atoms with Crippen LogP contribution in [-0.2, 0) is 35.9 Å². The number of benzene rings is 5. The summed E-state index contributed by atoms with van der Waals surface area (Å²) in [5.74, 6) is -1.17. The van der Waals surface area contributed by atoms with Crippen LogP contribution in [0.25, 0.3) is 0 Å². The molecule has 252 valence electrons. The van der Waals surface area contributed by atoms with Crippen LogP contribution in [-0.4, -0.2) is 26.7 Å². The van der Waals surface area contributed by atoms with Crippen LogP contribution in [0.1, 0.15) is 48.9 Å². The first kappa shape index (κ1) is 36.4. The van der Waals surface area contributed by atoms with E-state index in [1.54, 1.807) is 79.7 Å². The van der Waals surface area contributed by atoms with Gasteiger partial charge in [0.2, 0.25) is 0 Å². The number of hydrogen-bond acceptors (Lipinski definition) is 8. The van der Waals surface area contributed by atoms with Crippen molar-refractivity contribution in [3.63, 3.8) is 0 Å². The molecule has 0 aliphatic rings. The fraction of sp³-hybridized carbons (Fsp3) is 0.154. The zero-order valence-electron chi connectivity index (χ0n) is 26.9. The quantitative estimate of drug-likeness (QED) is 0.0588. The molecule has 0 aromatic heterocycles. The lowest BCUT2D eigenvalue weighted by Gasteiger charge is -2.36. The van der Waals surface area contributed by atoms with Gasteiger partial charge in [0.25, 0.3) is 0 Å². The molecule has 0 bridgehead atoms. The highest BCUT2D eigenvalue weighted by Gasteiger charge is 2.38. The lowest BCUT2D eigenvalue weighted by molar-refractivity contribution is -0.160. The van der Waals surface area contributed by atoms with Gasteiger partial charge in [-0.2, -0.15) is 0 Å². The molecule has 5 rings (SSSR count). The van der Waals surface area contributed by atoms with Crippen molar-refractivity contribution in [2.24, 2.45) is 0 Å². The zero-order chi connectivity index (χ0) is 34.9. The molecule has 5 aromatic carbocycles. The number of carbonyl (C=O) groups excluding carboxylic acids is 3.